The van der Waals surface area contributed by atoms with E-state index in [1.54, 1.807) is 23.3 Å². The summed E-state index contributed by atoms with van der Waals surface area (Å²) in [4.78, 5) is 20.5. The van der Waals surface area contributed by atoms with Crippen molar-refractivity contribution in [1.29, 1.82) is 0 Å². The predicted octanol–water partition coefficient (Wildman–Crippen LogP) is -0.234. The van der Waals surface area contributed by atoms with Crippen LogP contribution < -0.4 is 10.6 Å². The molecule has 0 aromatic heterocycles. The molecule has 2 N–H and O–H groups in total. The Morgan fingerprint density at radius 2 is 1.72 bits per heavy atom. The fourth-order valence-corrected chi connectivity index (χ4v) is 4.60. The zero-order valence-corrected chi connectivity index (χ0v) is 19.2. The zero-order chi connectivity index (χ0) is 21.4. The average Bonchev–Trinajstić information content (AvgIpc) is 2.67. The third-order valence-electron chi connectivity index (χ3n) is 5.68. The van der Waals surface area contributed by atoms with Gasteiger partial charge in [0.15, 0.2) is 5.96 Å². The second-order valence-corrected chi connectivity index (χ2v) is 10.3. The Balaban J connectivity index is 1.78. The standard InChI is InChI=1S/C19H38N6O3S/c1-5-20-19(21-14-16-6-12-25(13-7-16)29(4,27)28)22-17-8-10-24(11-9-17)15-18(26)23(2)3/h16-17H,5-15H2,1-4H3,(H2,20,21,22). The Labute approximate surface area is 175 Å². The van der Waals surface area contributed by atoms with E-state index in [2.05, 4.69) is 22.5 Å². The predicted molar refractivity (Wildman–Crippen MR) is 116 cm³/mol. The van der Waals surface area contributed by atoms with Crippen LogP contribution in [0.3, 0.4) is 0 Å². The summed E-state index contributed by atoms with van der Waals surface area (Å²) < 4.78 is 24.8. The number of carbonyl (C=O) groups excluding carboxylic acids is 1. The summed E-state index contributed by atoms with van der Waals surface area (Å²) in [6.45, 7) is 7.04. The van der Waals surface area contributed by atoms with E-state index in [9.17, 15) is 13.2 Å². The van der Waals surface area contributed by atoms with Crippen LogP contribution in [0.5, 0.6) is 0 Å². The molecule has 2 aliphatic rings. The maximum Gasteiger partial charge on any atom is 0.236 e. The molecule has 2 aliphatic heterocycles. The number of nitrogens with one attached hydrogen (secondary N) is 2. The van der Waals surface area contributed by atoms with Crippen LogP contribution in [-0.4, -0.2) is 107 Å². The Bertz CT molecular complexity index is 651. The van der Waals surface area contributed by atoms with Crippen LogP contribution in [0.4, 0.5) is 0 Å². The number of hydrogen-bond acceptors (Lipinski definition) is 5. The molecule has 0 aliphatic carbocycles. The number of piperidine rings is 2. The number of nitrogens with zero attached hydrogens (tertiary/aromatic N) is 4. The van der Waals surface area contributed by atoms with Gasteiger partial charge in [0.05, 0.1) is 12.8 Å². The van der Waals surface area contributed by atoms with Gasteiger partial charge in [-0.2, -0.15) is 0 Å². The van der Waals surface area contributed by atoms with E-state index < -0.39 is 10.0 Å². The third-order valence-corrected chi connectivity index (χ3v) is 6.98. The summed E-state index contributed by atoms with van der Waals surface area (Å²) in [6, 6.07) is 0.352. The van der Waals surface area contributed by atoms with Crippen LogP contribution in [0.2, 0.25) is 0 Å². The maximum absolute atomic E-state index is 11.9. The first-order valence-electron chi connectivity index (χ1n) is 10.6. The van der Waals surface area contributed by atoms with E-state index in [0.717, 1.165) is 51.3 Å². The smallest absolute Gasteiger partial charge is 0.236 e. The molecule has 0 spiro atoms. The van der Waals surface area contributed by atoms with Crippen LogP contribution in [0.25, 0.3) is 0 Å². The topological polar surface area (TPSA) is 97.3 Å². The highest BCUT2D eigenvalue weighted by Crippen LogP contribution is 2.19. The summed E-state index contributed by atoms with van der Waals surface area (Å²) in [5.41, 5.74) is 0. The van der Waals surface area contributed by atoms with Crippen LogP contribution in [-0.2, 0) is 14.8 Å². The van der Waals surface area contributed by atoms with Gasteiger partial charge in [0.25, 0.3) is 0 Å². The van der Waals surface area contributed by atoms with Gasteiger partial charge >= 0.3 is 0 Å². The molecule has 0 unspecified atom stereocenters. The van der Waals surface area contributed by atoms with Crippen LogP contribution >= 0.6 is 0 Å². The minimum absolute atomic E-state index is 0.147. The largest absolute Gasteiger partial charge is 0.357 e. The highest BCUT2D eigenvalue weighted by atomic mass is 32.2. The number of amides is 1. The molecular weight excluding hydrogens is 392 g/mol. The van der Waals surface area contributed by atoms with Crippen molar-refractivity contribution in [3.63, 3.8) is 0 Å². The van der Waals surface area contributed by atoms with E-state index in [1.807, 2.05) is 0 Å². The minimum Gasteiger partial charge on any atom is -0.357 e. The quantitative estimate of drug-likeness (QED) is 0.428. The van der Waals surface area contributed by atoms with Gasteiger partial charge in [-0.05, 0) is 38.5 Å². The van der Waals surface area contributed by atoms with Crippen molar-refractivity contribution in [2.24, 2.45) is 10.9 Å². The highest BCUT2D eigenvalue weighted by molar-refractivity contribution is 7.88. The van der Waals surface area contributed by atoms with Gasteiger partial charge in [-0.3, -0.25) is 14.7 Å². The van der Waals surface area contributed by atoms with E-state index >= 15 is 0 Å². The lowest BCUT2D eigenvalue weighted by Gasteiger charge is -2.33. The van der Waals surface area contributed by atoms with Crippen LogP contribution in [0, 0.1) is 5.92 Å². The molecule has 2 heterocycles. The van der Waals surface area contributed by atoms with Gasteiger partial charge in [0.1, 0.15) is 0 Å². The van der Waals surface area contributed by atoms with Gasteiger partial charge in [0.2, 0.25) is 15.9 Å². The first kappa shape index (κ1) is 23.9. The number of guanidine groups is 1. The SMILES string of the molecule is CCNC(=NCC1CCN(S(C)(=O)=O)CC1)NC1CCN(CC(=O)N(C)C)CC1. The van der Waals surface area contributed by atoms with E-state index in [0.29, 0.717) is 38.1 Å². The van der Waals surface area contributed by atoms with Gasteiger partial charge in [-0.25, -0.2) is 12.7 Å². The normalized spacial score (nSPS) is 21.2. The number of sulfonamides is 1. The molecule has 2 saturated heterocycles. The molecule has 0 aromatic carbocycles. The second kappa shape index (κ2) is 11.1. The minimum atomic E-state index is -3.08. The Hall–Kier alpha value is -1.39. The fraction of sp³-hybridized carbons (Fsp3) is 0.895. The molecule has 0 aromatic rings. The molecule has 29 heavy (non-hydrogen) atoms. The molecular formula is C19H38N6O3S. The highest BCUT2D eigenvalue weighted by Gasteiger charge is 2.25. The first-order valence-corrected chi connectivity index (χ1v) is 12.5. The zero-order valence-electron chi connectivity index (χ0n) is 18.4. The first-order chi connectivity index (χ1) is 13.7. The van der Waals surface area contributed by atoms with Crippen molar-refractivity contribution in [2.75, 3.05) is 66.2 Å². The maximum atomic E-state index is 11.9. The van der Waals surface area contributed by atoms with Crippen molar-refractivity contribution >= 4 is 21.9 Å². The number of aliphatic imine (C=N–C) groups is 1. The molecule has 10 heteroatoms. The molecule has 0 saturated carbocycles. The summed E-state index contributed by atoms with van der Waals surface area (Å²) >= 11 is 0. The molecule has 2 rings (SSSR count). The molecule has 1 amide bonds. The third kappa shape index (κ3) is 8.10. The molecule has 0 bridgehead atoms. The van der Waals surface area contributed by atoms with Crippen molar-refractivity contribution in [3.05, 3.63) is 0 Å². The van der Waals surface area contributed by atoms with Crippen LogP contribution in [0.1, 0.15) is 32.6 Å². The Morgan fingerprint density at radius 3 is 2.24 bits per heavy atom. The molecule has 9 nitrogen and oxygen atoms in total. The van der Waals surface area contributed by atoms with Gasteiger partial charge in [0, 0.05) is 59.4 Å². The Kier molecular flexibility index (Phi) is 9.16. The van der Waals surface area contributed by atoms with E-state index in [-0.39, 0.29) is 5.91 Å². The van der Waals surface area contributed by atoms with Crippen molar-refractivity contribution in [3.8, 4) is 0 Å². The number of hydrogen-bond donors (Lipinski definition) is 2. The fourth-order valence-electron chi connectivity index (χ4n) is 3.73. The van der Waals surface area contributed by atoms with Crippen LogP contribution in [0.15, 0.2) is 4.99 Å². The number of rotatable bonds is 7. The second-order valence-electron chi connectivity index (χ2n) is 8.31. The summed E-state index contributed by atoms with van der Waals surface area (Å²) in [5, 5.41) is 6.86. The van der Waals surface area contributed by atoms with Gasteiger partial charge in [-0.15, -0.1) is 0 Å². The lowest BCUT2D eigenvalue weighted by atomic mass is 9.98. The average molecular weight is 431 g/mol. The van der Waals surface area contributed by atoms with Crippen molar-refractivity contribution in [2.45, 2.75) is 38.6 Å². The molecule has 0 radical (unpaired) electrons. The number of likely N-dealkylation sites (N-methyl/N-ethyl adjacent to an activating group) is 1. The monoisotopic (exact) mass is 430 g/mol. The summed E-state index contributed by atoms with van der Waals surface area (Å²) in [6.07, 6.45) is 4.96. The number of carbonyl (C=O) groups is 1. The molecule has 0 atom stereocenters. The van der Waals surface area contributed by atoms with Gasteiger partial charge in [-0.1, -0.05) is 0 Å². The van der Waals surface area contributed by atoms with Gasteiger partial charge < -0.3 is 15.5 Å². The molecule has 2 fully saturated rings. The summed E-state index contributed by atoms with van der Waals surface area (Å²) in [7, 11) is 0.505. The Morgan fingerprint density at radius 1 is 1.10 bits per heavy atom. The summed E-state index contributed by atoms with van der Waals surface area (Å²) in [5.74, 6) is 1.40. The lowest BCUT2D eigenvalue weighted by molar-refractivity contribution is -0.130. The van der Waals surface area contributed by atoms with E-state index in [4.69, 9.17) is 4.99 Å². The van der Waals surface area contributed by atoms with Crippen molar-refractivity contribution in [1.82, 2.24) is 24.7 Å². The number of likely N-dealkylation sites (tertiary alicyclic amines) is 1. The van der Waals surface area contributed by atoms with Crippen molar-refractivity contribution < 1.29 is 13.2 Å². The lowest BCUT2D eigenvalue weighted by Crippen LogP contribution is -2.50. The van der Waals surface area contributed by atoms with E-state index in [1.165, 1.54) is 6.26 Å². The molecule has 168 valence electrons.